The van der Waals surface area contributed by atoms with Gasteiger partial charge in [0.05, 0.1) is 4.90 Å². The molecule has 0 aromatic heterocycles. The van der Waals surface area contributed by atoms with Crippen LogP contribution in [-0.2, 0) is 14.8 Å². The maximum Gasteiger partial charge on any atom is 0.341 e. The number of thioether (sulfide) groups is 1. The fourth-order valence-electron chi connectivity index (χ4n) is 3.78. The molecule has 0 aliphatic rings. The molecule has 0 aliphatic carbocycles. The van der Waals surface area contributed by atoms with E-state index in [2.05, 4.69) is 0 Å². The molecule has 0 fully saturated rings. The summed E-state index contributed by atoms with van der Waals surface area (Å²) in [4.78, 5) is 11.8. The average molecular weight is 566 g/mol. The fourth-order valence-corrected chi connectivity index (χ4v) is 6.99. The van der Waals surface area contributed by atoms with Crippen LogP contribution >= 0.6 is 23.4 Å². The van der Waals surface area contributed by atoms with Gasteiger partial charge < -0.3 is 9.84 Å². The van der Waals surface area contributed by atoms with Crippen LogP contribution in [0.15, 0.2) is 70.5 Å². The van der Waals surface area contributed by atoms with Crippen LogP contribution in [0.3, 0.4) is 0 Å². The second-order valence-electron chi connectivity index (χ2n) is 8.55. The van der Waals surface area contributed by atoms with E-state index in [0.717, 1.165) is 10.5 Å². The summed E-state index contributed by atoms with van der Waals surface area (Å²) in [5.74, 6) is -0.912. The molecule has 0 heterocycles. The van der Waals surface area contributed by atoms with Crippen molar-refractivity contribution < 1.29 is 27.4 Å². The molecule has 3 aromatic carbocycles. The molecular formula is C27H29ClFNO5S2. The van der Waals surface area contributed by atoms with E-state index >= 15 is 0 Å². The van der Waals surface area contributed by atoms with Crippen LogP contribution in [0.4, 0.5) is 4.39 Å². The van der Waals surface area contributed by atoms with Crippen molar-refractivity contribution in [3.05, 3.63) is 77.1 Å². The molecule has 0 bridgehead atoms. The van der Waals surface area contributed by atoms with Crippen molar-refractivity contribution in [1.29, 1.82) is 0 Å². The second kappa shape index (κ2) is 12.8. The first kappa shape index (κ1) is 29.0. The minimum absolute atomic E-state index is 0.0690. The monoisotopic (exact) mass is 565 g/mol. The van der Waals surface area contributed by atoms with Crippen LogP contribution in [0.5, 0.6) is 5.75 Å². The lowest BCUT2D eigenvalue weighted by Gasteiger charge is -2.25. The van der Waals surface area contributed by atoms with Crippen LogP contribution in [0.1, 0.15) is 25.8 Å². The van der Waals surface area contributed by atoms with E-state index in [1.54, 1.807) is 24.3 Å². The lowest BCUT2D eigenvalue weighted by atomic mass is 10.1. The lowest BCUT2D eigenvalue weighted by Crippen LogP contribution is -2.36. The molecule has 1 atom stereocenters. The highest BCUT2D eigenvalue weighted by Crippen LogP contribution is 2.33. The molecule has 0 saturated carbocycles. The van der Waals surface area contributed by atoms with Crippen molar-refractivity contribution in [1.82, 2.24) is 4.31 Å². The molecule has 3 rings (SSSR count). The number of carbonyl (C=O) groups is 1. The molecule has 0 amide bonds. The third-order valence-electron chi connectivity index (χ3n) is 5.50. The molecule has 37 heavy (non-hydrogen) atoms. The highest BCUT2D eigenvalue weighted by Gasteiger charge is 2.26. The Labute approximate surface area is 226 Å². The first-order valence-corrected chi connectivity index (χ1v) is 14.4. The first-order chi connectivity index (χ1) is 17.5. The minimum atomic E-state index is -3.81. The quantitative estimate of drug-likeness (QED) is 0.252. The lowest BCUT2D eigenvalue weighted by molar-refractivity contribution is -0.139. The molecule has 0 unspecified atom stereocenters. The Bertz CT molecular complexity index is 1350. The number of hydrogen-bond acceptors (Lipinski definition) is 5. The van der Waals surface area contributed by atoms with Gasteiger partial charge >= 0.3 is 5.97 Å². The number of halogens is 2. The van der Waals surface area contributed by atoms with Crippen molar-refractivity contribution in [3.63, 3.8) is 0 Å². The van der Waals surface area contributed by atoms with E-state index in [4.69, 9.17) is 21.4 Å². The van der Waals surface area contributed by atoms with Gasteiger partial charge in [0, 0.05) is 33.8 Å². The summed E-state index contributed by atoms with van der Waals surface area (Å²) >= 11 is 7.97. The third-order valence-corrected chi connectivity index (χ3v) is 8.75. The number of sulfonamides is 1. The third kappa shape index (κ3) is 7.70. The second-order valence-corrected chi connectivity index (χ2v) is 12.4. The van der Waals surface area contributed by atoms with Gasteiger partial charge in [0.2, 0.25) is 10.0 Å². The van der Waals surface area contributed by atoms with E-state index in [-0.39, 0.29) is 27.5 Å². The number of ether oxygens (including phenoxy) is 1. The SMILES string of the molecule is CCCN(C[C@@H](C)Sc1ccc(OCC(=O)O)c(C)c1)S(=O)(=O)c1ccc(-c2ccc(F)cc2)c(Cl)c1. The minimum Gasteiger partial charge on any atom is -0.482 e. The van der Waals surface area contributed by atoms with Crippen molar-refractivity contribution in [2.75, 3.05) is 19.7 Å². The van der Waals surface area contributed by atoms with Crippen molar-refractivity contribution >= 4 is 39.4 Å². The zero-order valence-corrected chi connectivity index (χ0v) is 23.2. The van der Waals surface area contributed by atoms with Gasteiger partial charge in [-0.05, 0) is 66.9 Å². The molecule has 1 N–H and O–H groups in total. The molecule has 6 nitrogen and oxygen atoms in total. The van der Waals surface area contributed by atoms with Crippen LogP contribution in [0.2, 0.25) is 5.02 Å². The zero-order valence-electron chi connectivity index (χ0n) is 20.8. The molecule has 0 spiro atoms. The van der Waals surface area contributed by atoms with Crippen molar-refractivity contribution in [3.8, 4) is 16.9 Å². The Morgan fingerprint density at radius 3 is 2.43 bits per heavy atom. The first-order valence-electron chi connectivity index (χ1n) is 11.7. The number of hydrogen-bond donors (Lipinski definition) is 1. The van der Waals surface area contributed by atoms with Gasteiger partial charge in [-0.25, -0.2) is 17.6 Å². The van der Waals surface area contributed by atoms with Gasteiger partial charge in [-0.2, -0.15) is 4.31 Å². The summed E-state index contributed by atoms with van der Waals surface area (Å²) in [6.45, 7) is 5.93. The predicted molar refractivity (Wildman–Crippen MR) is 146 cm³/mol. The summed E-state index contributed by atoms with van der Waals surface area (Å²) in [5, 5.41) is 9.00. The Morgan fingerprint density at radius 2 is 1.84 bits per heavy atom. The van der Waals surface area contributed by atoms with E-state index in [0.29, 0.717) is 29.8 Å². The number of carboxylic acid groups (broad SMARTS) is 1. The van der Waals surface area contributed by atoms with Crippen LogP contribution in [-0.4, -0.2) is 48.7 Å². The van der Waals surface area contributed by atoms with E-state index in [1.165, 1.54) is 40.3 Å². The Kier molecular flexibility index (Phi) is 10.0. The van der Waals surface area contributed by atoms with E-state index in [1.807, 2.05) is 32.9 Å². The molecule has 0 saturated heterocycles. The van der Waals surface area contributed by atoms with Crippen LogP contribution in [0.25, 0.3) is 11.1 Å². The van der Waals surface area contributed by atoms with Gasteiger partial charge in [0.25, 0.3) is 0 Å². The standard InChI is InChI=1S/C27H29ClFNO5S2/c1-4-13-30(16-19(3)36-22-9-12-26(18(2)14-22)35-17-27(31)32)37(33,34)23-10-11-24(25(28)15-23)20-5-7-21(29)8-6-20/h5-12,14-15,19H,4,13,16-17H2,1-3H3,(H,31,32)/t19-/m1/s1. The van der Waals surface area contributed by atoms with Gasteiger partial charge in [0.15, 0.2) is 6.61 Å². The molecule has 198 valence electrons. The van der Waals surface area contributed by atoms with Gasteiger partial charge in [-0.3, -0.25) is 0 Å². The molecular weight excluding hydrogens is 537 g/mol. The van der Waals surface area contributed by atoms with E-state index < -0.39 is 22.6 Å². The molecule has 3 aromatic rings. The summed E-state index contributed by atoms with van der Waals surface area (Å²) in [6.07, 6.45) is 0.646. The Balaban J connectivity index is 1.75. The van der Waals surface area contributed by atoms with Crippen molar-refractivity contribution in [2.24, 2.45) is 0 Å². The number of rotatable bonds is 12. The van der Waals surface area contributed by atoms with Crippen molar-refractivity contribution in [2.45, 2.75) is 42.2 Å². The fraction of sp³-hybridized carbons (Fsp3) is 0.296. The zero-order chi connectivity index (χ0) is 27.2. The summed E-state index contributed by atoms with van der Waals surface area (Å²) in [7, 11) is -3.81. The number of nitrogens with zero attached hydrogens (tertiary/aromatic N) is 1. The molecule has 0 aliphatic heterocycles. The Hall–Kier alpha value is -2.59. The topological polar surface area (TPSA) is 83.9 Å². The highest BCUT2D eigenvalue weighted by atomic mass is 35.5. The Morgan fingerprint density at radius 1 is 1.14 bits per heavy atom. The number of aliphatic carboxylic acids is 1. The van der Waals surface area contributed by atoms with Gasteiger partial charge in [-0.1, -0.05) is 43.6 Å². The number of carboxylic acids is 1. The molecule has 0 radical (unpaired) electrons. The van der Waals surface area contributed by atoms with Crippen LogP contribution < -0.4 is 4.74 Å². The smallest absolute Gasteiger partial charge is 0.341 e. The predicted octanol–water partition coefficient (Wildman–Crippen LogP) is 6.50. The van der Waals surface area contributed by atoms with Gasteiger partial charge in [0.1, 0.15) is 11.6 Å². The van der Waals surface area contributed by atoms with E-state index in [9.17, 15) is 17.6 Å². The van der Waals surface area contributed by atoms with Crippen LogP contribution in [0, 0.1) is 12.7 Å². The molecule has 10 heteroatoms. The maximum absolute atomic E-state index is 13.5. The van der Waals surface area contributed by atoms with Gasteiger partial charge in [-0.15, -0.1) is 11.8 Å². The number of aryl methyl sites for hydroxylation is 1. The summed E-state index contributed by atoms with van der Waals surface area (Å²) < 4.78 is 47.1. The largest absolute Gasteiger partial charge is 0.482 e. The normalized spacial score (nSPS) is 12.5. The highest BCUT2D eigenvalue weighted by molar-refractivity contribution is 8.00. The summed E-state index contributed by atoms with van der Waals surface area (Å²) in [5.41, 5.74) is 2.12. The number of benzene rings is 3. The summed E-state index contributed by atoms with van der Waals surface area (Å²) in [6, 6.07) is 15.9. The maximum atomic E-state index is 13.5. The average Bonchev–Trinajstić information content (AvgIpc) is 2.83.